The predicted molar refractivity (Wildman–Crippen MR) is 371 cm³/mol. The molecule has 0 spiro atoms. The van der Waals surface area contributed by atoms with Crippen LogP contribution in [0.2, 0.25) is 0 Å². The summed E-state index contributed by atoms with van der Waals surface area (Å²) in [4.78, 5) is 60.9. The van der Waals surface area contributed by atoms with Crippen LogP contribution in [-0.4, -0.2) is 256 Å². The van der Waals surface area contributed by atoms with E-state index >= 15 is 0 Å². The highest BCUT2D eigenvalue weighted by atomic mass is 16.7. The summed E-state index contributed by atoms with van der Waals surface area (Å²) in [6, 6.07) is 0. The molecule has 0 aromatic carbocycles. The largest absolute Gasteiger partial charge is 0.359 e. The summed E-state index contributed by atoms with van der Waals surface area (Å²) in [5.74, 6) is 0. The number of rotatable bonds is 36. The summed E-state index contributed by atoms with van der Waals surface area (Å²) in [5, 5.41) is 57.9. The van der Waals surface area contributed by atoms with Gasteiger partial charge >= 0.3 is 0 Å². The van der Waals surface area contributed by atoms with Gasteiger partial charge < -0.3 is 38.5 Å². The van der Waals surface area contributed by atoms with Crippen molar-refractivity contribution in [3.8, 4) is 0 Å². The summed E-state index contributed by atoms with van der Waals surface area (Å²) in [6.45, 7) is 5.19. The zero-order valence-corrected chi connectivity index (χ0v) is 39.7. The molecule has 0 rings (SSSR count). The highest BCUT2D eigenvalue weighted by Gasteiger charge is 1.95. The Bertz CT molecular complexity index is 1570. The van der Waals surface area contributed by atoms with Crippen LogP contribution in [0.15, 0.2) is 102 Å². The van der Waals surface area contributed by atoms with Crippen molar-refractivity contribution in [1.82, 2.24) is 19.6 Å². The molecule has 0 aromatic heterocycles. The lowest BCUT2D eigenvalue weighted by molar-refractivity contribution is -0.103. The van der Waals surface area contributed by atoms with Crippen LogP contribution in [0, 0.1) is 0 Å². The van der Waals surface area contributed by atoms with Gasteiger partial charge in [0.2, 0.25) is 0 Å². The molecule has 0 unspecified atom stereocenters. The molecule has 0 aliphatic heterocycles. The van der Waals surface area contributed by atoms with Crippen LogP contribution in [-0.2, 0) is 38.1 Å². The molecule has 0 atom stereocenters. The molecule has 0 aromatic rings. The van der Waals surface area contributed by atoms with Crippen LogP contribution in [0.4, 0.5) is 0 Å². The van der Waals surface area contributed by atoms with E-state index in [0.717, 1.165) is 24.9 Å². The van der Waals surface area contributed by atoms with E-state index in [-0.39, 0.29) is 126 Å². The van der Waals surface area contributed by atoms with Gasteiger partial charge in [-0.1, -0.05) is 119 Å². The molecule has 32 nitrogen and oxygen atoms in total. The molecule has 0 amide bonds. The molecular weight excluding hydrogens is 1090 g/mol. The maximum absolute atomic E-state index is 9.90. The SMILES string of the molecule is C.C.C.C.C.C.C.C.C.C.C.C.C.C.C.C.CN(C=NN=CC=O)CN(C)C=NN=CC=O.CN=CN=NCCOCN(C)C=NN=CC=O.CN=CN=NCCOCN(C)C=NN=CC=O.CN=CN=NCCOCOCCN=NC=NC. The van der Waals surface area contributed by atoms with Gasteiger partial charge in [0.05, 0.1) is 84.1 Å². The van der Waals surface area contributed by atoms with Crippen LogP contribution in [0.1, 0.15) is 119 Å². The molecule has 0 radical (unpaired) electrons. The number of carbonyl (C=O) groups is 4. The fourth-order valence-electron chi connectivity index (χ4n) is 2.83. The average molecular weight is 1220 g/mol. The Hall–Kier alpha value is -7.84. The Morgan fingerprint density at radius 3 is 0.738 bits per heavy atom. The number of hydrogen-bond donors (Lipinski definition) is 0. The second-order valence-electron chi connectivity index (χ2n) is 11.1. The van der Waals surface area contributed by atoms with Crippen molar-refractivity contribution in [3.63, 3.8) is 0 Å². The van der Waals surface area contributed by atoms with E-state index in [9.17, 15) is 19.2 Å². The monoisotopic (exact) mass is 1220 g/mol. The standard InChI is InChI=1S/C9H14N6O2.2C9H16N6O2.C9H18N6O2.16CH4/c1-14(7-12-10-3-5-16)9-15(2)8-13-11-4-6-17;2*1-10-7-13-12-4-6-17-9-15(2)8-14-11-3-5-16;1-10-7-14-12-3-5-16-9-17-6-4-13-15-8-11-2;;;;;;;;;;;;;;;;/h3-8H,9H2,1-2H3;2*3,5,7-8H,4,6,9H2,1-2H3;7-8H,3-6,9H2,1-2H3;16*1H4. The van der Waals surface area contributed by atoms with Crippen LogP contribution >= 0.6 is 0 Å². The third-order valence-electron chi connectivity index (χ3n) is 5.31. The molecule has 0 saturated carbocycles. The van der Waals surface area contributed by atoms with Crippen molar-refractivity contribution in [2.24, 2.45) is 102 Å². The fourth-order valence-corrected chi connectivity index (χ4v) is 2.83. The molecule has 0 aliphatic rings. The van der Waals surface area contributed by atoms with Gasteiger partial charge in [0.25, 0.3) is 0 Å². The second-order valence-corrected chi connectivity index (χ2v) is 11.1. The minimum Gasteiger partial charge on any atom is -0.359 e. The quantitative estimate of drug-likeness (QED) is 0.0107. The number of nitrogens with zero attached hydrogens (tertiary/aromatic N) is 24. The van der Waals surface area contributed by atoms with Crippen molar-refractivity contribution in [1.29, 1.82) is 0 Å². The summed E-state index contributed by atoms with van der Waals surface area (Å²) in [6.07, 6.45) is 17.7. The molecule has 0 aliphatic carbocycles. The van der Waals surface area contributed by atoms with E-state index in [1.54, 1.807) is 76.0 Å². The number of aldehydes is 4. The Balaban J connectivity index is -0.0000000340. The minimum atomic E-state index is 0. The smallest absolute Gasteiger partial charge is 0.162 e. The molecule has 504 valence electrons. The molecule has 84 heavy (non-hydrogen) atoms. The summed E-state index contributed by atoms with van der Waals surface area (Å²) < 4.78 is 20.7. The zero-order valence-electron chi connectivity index (χ0n) is 39.7. The fraction of sp³-hybridized carbons (Fsp3) is 0.692. The topological polar surface area (TPSA) is 365 Å². The van der Waals surface area contributed by atoms with Crippen LogP contribution in [0.3, 0.4) is 0 Å². The summed E-state index contributed by atoms with van der Waals surface area (Å²) in [7, 11) is 13.6. The Morgan fingerprint density at radius 1 is 0.310 bits per heavy atom. The molecule has 0 heterocycles. The normalized spacial score (nSPS) is 10.0. The lowest BCUT2D eigenvalue weighted by Gasteiger charge is -2.19. The number of aliphatic imine (C=N–C) groups is 4. The molecule has 0 N–H and O–H groups in total. The van der Waals surface area contributed by atoms with Crippen molar-refractivity contribution < 1.29 is 38.1 Å². The predicted octanol–water partition coefficient (Wildman–Crippen LogP) is 11.0. The van der Waals surface area contributed by atoms with E-state index < -0.39 is 0 Å². The van der Waals surface area contributed by atoms with Gasteiger partial charge in [0.1, 0.15) is 71.0 Å². The maximum atomic E-state index is 9.90. The van der Waals surface area contributed by atoms with Gasteiger partial charge in [-0.2, -0.15) is 40.9 Å². The third kappa shape index (κ3) is 146. The molecule has 32 heteroatoms. The highest BCUT2D eigenvalue weighted by molar-refractivity contribution is 6.13. The van der Waals surface area contributed by atoms with Gasteiger partial charge in [-0.05, 0) is 0 Å². The summed E-state index contributed by atoms with van der Waals surface area (Å²) in [5.41, 5.74) is 0. The van der Waals surface area contributed by atoms with Crippen LogP contribution < -0.4 is 0 Å². The van der Waals surface area contributed by atoms with Gasteiger partial charge in [-0.15, -0.1) is 40.9 Å². The first-order chi connectivity index (χ1) is 33.2. The van der Waals surface area contributed by atoms with E-state index in [1.807, 2.05) is 0 Å². The number of hydrogen-bond acceptors (Lipinski definition) is 24. The summed E-state index contributed by atoms with van der Waals surface area (Å²) >= 11 is 0. The van der Waals surface area contributed by atoms with Gasteiger partial charge in [0.15, 0.2) is 25.1 Å². The first-order valence-electron chi connectivity index (χ1n) is 19.5. The average Bonchev–Trinajstić information content (AvgIpc) is 3.33. The van der Waals surface area contributed by atoms with Gasteiger partial charge in [0, 0.05) is 56.4 Å². The van der Waals surface area contributed by atoms with E-state index in [1.165, 1.54) is 50.7 Å². The highest BCUT2D eigenvalue weighted by Crippen LogP contribution is 1.86. The molecule has 0 fully saturated rings. The Morgan fingerprint density at radius 2 is 0.524 bits per heavy atom. The molecular formula is C52H128N24O8. The second kappa shape index (κ2) is 131. The first-order valence-corrected chi connectivity index (χ1v) is 19.5. The lowest BCUT2D eigenvalue weighted by atomic mass is 10.7. The molecule has 0 bridgehead atoms. The zero-order chi connectivity index (χ0) is 51.1. The van der Waals surface area contributed by atoms with Gasteiger partial charge in [-0.25, -0.2) is 0 Å². The van der Waals surface area contributed by atoms with Crippen LogP contribution in [0.5, 0.6) is 0 Å². The minimum absolute atomic E-state index is 0. The number of ether oxygens (including phenoxy) is 4. The third-order valence-corrected chi connectivity index (χ3v) is 5.31. The van der Waals surface area contributed by atoms with E-state index in [0.29, 0.717) is 97.9 Å². The van der Waals surface area contributed by atoms with Crippen molar-refractivity contribution >= 4 is 101 Å². The number of azo groups is 4. The van der Waals surface area contributed by atoms with E-state index in [4.69, 9.17) is 18.9 Å². The first kappa shape index (κ1) is 136. The van der Waals surface area contributed by atoms with Crippen molar-refractivity contribution in [2.75, 3.05) is 136 Å². The maximum Gasteiger partial charge on any atom is 0.162 e. The van der Waals surface area contributed by atoms with Crippen molar-refractivity contribution in [2.45, 2.75) is 119 Å². The molecule has 0 saturated heterocycles. The Labute approximate surface area is 513 Å². The van der Waals surface area contributed by atoms with Crippen LogP contribution in [0.25, 0.3) is 0 Å². The number of carbonyl (C=O) groups excluding carboxylic acids is 4. The lowest BCUT2D eigenvalue weighted by Crippen LogP contribution is -2.31. The van der Waals surface area contributed by atoms with Gasteiger partial charge in [-0.3, -0.25) is 39.1 Å². The van der Waals surface area contributed by atoms with E-state index in [2.05, 4.69) is 102 Å². The van der Waals surface area contributed by atoms with Crippen molar-refractivity contribution in [3.05, 3.63) is 0 Å². The Kier molecular flexibility index (Phi) is 213.